The van der Waals surface area contributed by atoms with Crippen LogP contribution in [0.3, 0.4) is 0 Å². The van der Waals surface area contributed by atoms with Crippen LogP contribution in [-0.4, -0.2) is 32.9 Å². The molecule has 2 aromatic rings. The van der Waals surface area contributed by atoms with Crippen LogP contribution in [0.5, 0.6) is 5.75 Å². The van der Waals surface area contributed by atoms with Gasteiger partial charge in [0, 0.05) is 28.9 Å². The van der Waals surface area contributed by atoms with Gasteiger partial charge in [-0.2, -0.15) is 0 Å². The van der Waals surface area contributed by atoms with Gasteiger partial charge in [-0.15, -0.1) is 11.8 Å². The van der Waals surface area contributed by atoms with Crippen LogP contribution in [-0.2, 0) is 0 Å². The third-order valence-electron chi connectivity index (χ3n) is 4.21. The zero-order chi connectivity index (χ0) is 17.8. The average Bonchev–Trinajstić information content (AvgIpc) is 3.06. The van der Waals surface area contributed by atoms with Gasteiger partial charge < -0.3 is 16.2 Å². The molecule has 1 aliphatic rings. The van der Waals surface area contributed by atoms with Gasteiger partial charge in [-0.25, -0.2) is 9.97 Å². The first-order valence-electron chi connectivity index (χ1n) is 8.60. The smallest absolute Gasteiger partial charge is 0.165 e. The molecule has 0 saturated heterocycles. The van der Waals surface area contributed by atoms with Gasteiger partial charge in [0.05, 0.1) is 5.56 Å². The number of nitrogens with zero attached hydrogens (tertiary/aromatic N) is 2. The third kappa shape index (κ3) is 4.32. The van der Waals surface area contributed by atoms with E-state index in [4.69, 9.17) is 5.73 Å². The number of hydrogen-bond donors (Lipinski definition) is 3. The number of anilines is 1. The van der Waals surface area contributed by atoms with Crippen LogP contribution in [0.4, 0.5) is 5.82 Å². The van der Waals surface area contributed by atoms with E-state index in [9.17, 15) is 5.11 Å². The Hall–Kier alpha value is -2.05. The molecule has 25 heavy (non-hydrogen) atoms. The number of hydrogen-bond acceptors (Lipinski definition) is 6. The number of rotatable bonds is 6. The number of aromatic nitrogens is 2. The lowest BCUT2D eigenvalue weighted by atomic mass is 10.1. The molecule has 4 N–H and O–H groups in total. The van der Waals surface area contributed by atoms with Crippen molar-refractivity contribution < 1.29 is 5.11 Å². The summed E-state index contributed by atoms with van der Waals surface area (Å²) in [6, 6.07) is 7.51. The number of phenols is 1. The number of nitrogens with one attached hydrogen (secondary N) is 1. The maximum absolute atomic E-state index is 10.3. The monoisotopic (exact) mass is 356 g/mol. The lowest BCUT2D eigenvalue weighted by molar-refractivity contribution is 0.477. The molecule has 0 amide bonds. The largest absolute Gasteiger partial charge is 0.507 e. The first-order valence-corrected chi connectivity index (χ1v) is 9.48. The van der Waals surface area contributed by atoms with E-state index >= 15 is 0 Å². The Bertz CT molecular complexity index is 778. The molecule has 1 aromatic heterocycles. The second-order valence-corrected chi connectivity index (χ2v) is 7.76. The average molecular weight is 356 g/mol. The van der Waals surface area contributed by atoms with Gasteiger partial charge in [0.2, 0.25) is 0 Å². The van der Waals surface area contributed by atoms with Crippen LogP contribution < -0.4 is 11.1 Å². The SMILES string of the molecule is CC[C@@H](N)CNc1ccnc(-c2cc(C3=CCC(C)S3)ccc2O)n1. The van der Waals surface area contributed by atoms with E-state index in [1.165, 1.54) is 4.91 Å². The molecular weight excluding hydrogens is 332 g/mol. The van der Waals surface area contributed by atoms with Crippen LogP contribution in [0, 0.1) is 0 Å². The Morgan fingerprint density at radius 2 is 2.24 bits per heavy atom. The van der Waals surface area contributed by atoms with Crippen LogP contribution in [0.2, 0.25) is 0 Å². The minimum atomic E-state index is 0.0865. The second kappa shape index (κ2) is 7.89. The molecule has 0 fully saturated rings. The van der Waals surface area contributed by atoms with Gasteiger partial charge in [-0.3, -0.25) is 0 Å². The molecule has 2 atom stereocenters. The van der Waals surface area contributed by atoms with Crippen molar-refractivity contribution in [1.82, 2.24) is 9.97 Å². The summed E-state index contributed by atoms with van der Waals surface area (Å²) in [5, 5.41) is 14.1. The Balaban J connectivity index is 1.86. The topological polar surface area (TPSA) is 84.1 Å². The maximum atomic E-state index is 10.3. The zero-order valence-corrected chi connectivity index (χ0v) is 15.4. The van der Waals surface area contributed by atoms with E-state index in [1.807, 2.05) is 30.0 Å². The number of benzene rings is 1. The van der Waals surface area contributed by atoms with Gasteiger partial charge in [-0.1, -0.05) is 26.0 Å². The van der Waals surface area contributed by atoms with Crippen molar-refractivity contribution in [3.63, 3.8) is 0 Å². The quantitative estimate of drug-likeness (QED) is 0.729. The van der Waals surface area contributed by atoms with Crippen LogP contribution in [0.1, 0.15) is 32.3 Å². The minimum absolute atomic E-state index is 0.0865. The van der Waals surface area contributed by atoms with Gasteiger partial charge in [-0.05, 0) is 36.6 Å². The number of allylic oxidation sites excluding steroid dienone is 1. The molecule has 5 nitrogen and oxygen atoms in total. The van der Waals surface area contributed by atoms with Crippen LogP contribution in [0.15, 0.2) is 36.5 Å². The summed E-state index contributed by atoms with van der Waals surface area (Å²) >= 11 is 1.86. The van der Waals surface area contributed by atoms with Gasteiger partial charge in [0.25, 0.3) is 0 Å². The van der Waals surface area contributed by atoms with Crippen molar-refractivity contribution in [3.05, 3.63) is 42.1 Å². The lowest BCUT2D eigenvalue weighted by Gasteiger charge is -2.12. The number of thioether (sulfide) groups is 1. The summed E-state index contributed by atoms with van der Waals surface area (Å²) < 4.78 is 0. The molecule has 3 rings (SSSR count). The molecule has 0 bridgehead atoms. The van der Waals surface area contributed by atoms with E-state index in [-0.39, 0.29) is 11.8 Å². The molecule has 132 valence electrons. The molecule has 0 saturated carbocycles. The first-order chi connectivity index (χ1) is 12.1. The summed E-state index contributed by atoms with van der Waals surface area (Å²) in [7, 11) is 0. The Kier molecular flexibility index (Phi) is 5.60. The predicted octanol–water partition coefficient (Wildman–Crippen LogP) is 3.86. The van der Waals surface area contributed by atoms with Crippen molar-refractivity contribution in [1.29, 1.82) is 0 Å². The molecule has 2 heterocycles. The molecule has 1 unspecified atom stereocenters. The van der Waals surface area contributed by atoms with Crippen molar-refractivity contribution in [2.24, 2.45) is 5.73 Å². The van der Waals surface area contributed by atoms with Crippen molar-refractivity contribution >= 4 is 22.5 Å². The highest BCUT2D eigenvalue weighted by Crippen LogP contribution is 2.41. The lowest BCUT2D eigenvalue weighted by Crippen LogP contribution is -2.28. The maximum Gasteiger partial charge on any atom is 0.165 e. The fourth-order valence-electron chi connectivity index (χ4n) is 2.61. The summed E-state index contributed by atoms with van der Waals surface area (Å²) in [6.07, 6.45) is 5.92. The number of phenolic OH excluding ortho intramolecular Hbond substituents is 1. The molecule has 1 aromatic carbocycles. The molecule has 0 radical (unpaired) electrons. The molecule has 1 aliphatic heterocycles. The second-order valence-electron chi connectivity index (χ2n) is 6.28. The molecular formula is C19H24N4OS. The highest BCUT2D eigenvalue weighted by molar-refractivity contribution is 8.09. The van der Waals surface area contributed by atoms with Crippen molar-refractivity contribution in [2.75, 3.05) is 11.9 Å². The van der Waals surface area contributed by atoms with E-state index in [0.717, 1.165) is 18.4 Å². The normalized spacial score (nSPS) is 18.0. The first kappa shape index (κ1) is 17.8. The number of nitrogens with two attached hydrogens (primary N) is 1. The Morgan fingerprint density at radius 3 is 2.96 bits per heavy atom. The summed E-state index contributed by atoms with van der Waals surface area (Å²) in [6.45, 7) is 4.92. The Labute approximate surface area is 152 Å². The molecule has 0 aliphatic carbocycles. The highest BCUT2D eigenvalue weighted by atomic mass is 32.2. The van der Waals surface area contributed by atoms with Crippen LogP contribution >= 0.6 is 11.8 Å². The van der Waals surface area contributed by atoms with Crippen molar-refractivity contribution in [2.45, 2.75) is 38.0 Å². The molecule has 6 heteroatoms. The van der Waals surface area contributed by atoms with E-state index in [1.54, 1.807) is 12.3 Å². The molecule has 0 spiro atoms. The number of aromatic hydroxyl groups is 1. The Morgan fingerprint density at radius 1 is 1.40 bits per heavy atom. The van der Waals surface area contributed by atoms with Gasteiger partial charge in [0.15, 0.2) is 5.82 Å². The summed E-state index contributed by atoms with van der Waals surface area (Å²) in [4.78, 5) is 10.1. The summed E-state index contributed by atoms with van der Waals surface area (Å²) in [5.74, 6) is 1.40. The van der Waals surface area contributed by atoms with Crippen molar-refractivity contribution in [3.8, 4) is 17.1 Å². The summed E-state index contributed by atoms with van der Waals surface area (Å²) in [5.41, 5.74) is 7.68. The fourth-order valence-corrected chi connectivity index (χ4v) is 3.69. The zero-order valence-electron chi connectivity index (χ0n) is 14.6. The standard InChI is InChI=1S/C19H24N4OS/c1-3-14(20)11-22-18-8-9-21-19(23-18)15-10-13(5-6-16(15)24)17-7-4-12(2)25-17/h5-10,12,14,24H,3-4,11,20H2,1-2H3,(H,21,22,23)/t12?,14-/m1/s1. The highest BCUT2D eigenvalue weighted by Gasteiger charge is 2.17. The van der Waals surface area contributed by atoms with Gasteiger partial charge >= 0.3 is 0 Å². The minimum Gasteiger partial charge on any atom is -0.507 e. The van der Waals surface area contributed by atoms with Crippen LogP contribution in [0.25, 0.3) is 16.3 Å². The van der Waals surface area contributed by atoms with E-state index in [0.29, 0.717) is 29.0 Å². The van der Waals surface area contributed by atoms with E-state index in [2.05, 4.69) is 35.2 Å². The van der Waals surface area contributed by atoms with E-state index < -0.39 is 0 Å². The van der Waals surface area contributed by atoms with Gasteiger partial charge in [0.1, 0.15) is 11.6 Å². The fraction of sp³-hybridized carbons (Fsp3) is 0.368. The third-order valence-corrected chi connectivity index (χ3v) is 5.46. The predicted molar refractivity (Wildman–Crippen MR) is 106 cm³/mol.